The van der Waals surface area contributed by atoms with Gasteiger partial charge in [0.2, 0.25) is 0 Å². The first kappa shape index (κ1) is 18.9. The van der Waals surface area contributed by atoms with Gasteiger partial charge >= 0.3 is 0 Å². The second-order valence-corrected chi connectivity index (χ2v) is 7.72. The molecular formula is C18H20Br2N2O2. The van der Waals surface area contributed by atoms with E-state index in [0.717, 1.165) is 31.9 Å². The highest BCUT2D eigenvalue weighted by atomic mass is 79.9. The van der Waals surface area contributed by atoms with Crippen molar-refractivity contribution in [3.05, 3.63) is 39.3 Å². The summed E-state index contributed by atoms with van der Waals surface area (Å²) in [4.78, 5) is 11.9. The number of hydrogen-bond donors (Lipinski definition) is 1. The van der Waals surface area contributed by atoms with Crippen LogP contribution in [0.3, 0.4) is 0 Å². The molecule has 2 rings (SSSR count). The number of halogens is 2. The van der Waals surface area contributed by atoms with Crippen molar-refractivity contribution >= 4 is 54.3 Å². The molecule has 4 nitrogen and oxygen atoms in total. The third-order valence-corrected chi connectivity index (χ3v) is 4.63. The molecule has 24 heavy (non-hydrogen) atoms. The zero-order valence-electron chi connectivity index (χ0n) is 13.9. The van der Waals surface area contributed by atoms with Gasteiger partial charge in [-0.3, -0.25) is 4.79 Å². The molecule has 1 N–H and O–H groups in total. The molecule has 0 fully saturated rings. The van der Waals surface area contributed by atoms with Gasteiger partial charge in [-0.25, -0.2) is 5.43 Å². The van der Waals surface area contributed by atoms with Crippen LogP contribution in [0.4, 0.5) is 0 Å². The second kappa shape index (κ2) is 8.62. The molecule has 0 saturated carbocycles. The number of fused-ring (bicyclic) bond motifs is 1. The Morgan fingerprint density at radius 1 is 1.25 bits per heavy atom. The maximum atomic E-state index is 11.9. The van der Waals surface area contributed by atoms with Crippen LogP contribution < -0.4 is 10.2 Å². The summed E-state index contributed by atoms with van der Waals surface area (Å²) in [5.74, 6) is 0.860. The van der Waals surface area contributed by atoms with Crippen molar-refractivity contribution in [2.75, 3.05) is 6.61 Å². The fourth-order valence-electron chi connectivity index (χ4n) is 2.32. The number of nitrogens with one attached hydrogen (secondary N) is 1. The third-order valence-electron chi connectivity index (χ3n) is 3.31. The molecule has 128 valence electrons. The Bertz CT molecular complexity index is 773. The van der Waals surface area contributed by atoms with Crippen LogP contribution in [0.25, 0.3) is 10.8 Å². The Labute approximate surface area is 158 Å². The van der Waals surface area contributed by atoms with Crippen LogP contribution in [0.2, 0.25) is 0 Å². The molecular weight excluding hydrogens is 436 g/mol. The van der Waals surface area contributed by atoms with Crippen LogP contribution in [0.5, 0.6) is 5.75 Å². The number of carbonyl (C=O) groups is 1. The lowest BCUT2D eigenvalue weighted by Gasteiger charge is -2.10. The lowest BCUT2D eigenvalue weighted by Crippen LogP contribution is -2.25. The lowest BCUT2D eigenvalue weighted by molar-refractivity contribution is -0.123. The molecule has 6 heteroatoms. The molecule has 0 atom stereocenters. The molecule has 0 aromatic heterocycles. The van der Waals surface area contributed by atoms with Crippen LogP contribution >= 0.6 is 31.9 Å². The van der Waals surface area contributed by atoms with Crippen LogP contribution in [0, 0.1) is 5.92 Å². The van der Waals surface area contributed by atoms with Gasteiger partial charge in [0.05, 0.1) is 4.47 Å². The number of hydrazone groups is 1. The van der Waals surface area contributed by atoms with E-state index in [-0.39, 0.29) is 12.5 Å². The van der Waals surface area contributed by atoms with Gasteiger partial charge in [0.25, 0.3) is 5.91 Å². The molecule has 2 aromatic rings. The first-order valence-electron chi connectivity index (χ1n) is 7.69. The SMILES string of the molecule is CC(CC(C)C)=NNC(=O)COc1ccc2cc(Br)ccc2c1Br. The molecule has 0 aliphatic carbocycles. The topological polar surface area (TPSA) is 50.7 Å². The first-order chi connectivity index (χ1) is 11.4. The predicted octanol–water partition coefficient (Wildman–Crippen LogP) is 5.28. The van der Waals surface area contributed by atoms with Crippen molar-refractivity contribution in [3.8, 4) is 5.75 Å². The van der Waals surface area contributed by atoms with E-state index in [4.69, 9.17) is 4.74 Å². The fraction of sp³-hybridized carbons (Fsp3) is 0.333. The predicted molar refractivity (Wildman–Crippen MR) is 106 cm³/mol. The van der Waals surface area contributed by atoms with Crippen molar-refractivity contribution in [1.82, 2.24) is 5.43 Å². The number of benzene rings is 2. The van der Waals surface area contributed by atoms with E-state index in [1.165, 1.54) is 0 Å². The van der Waals surface area contributed by atoms with Gasteiger partial charge in [-0.1, -0.05) is 41.9 Å². The van der Waals surface area contributed by atoms with Crippen molar-refractivity contribution in [1.29, 1.82) is 0 Å². The summed E-state index contributed by atoms with van der Waals surface area (Å²) in [5.41, 5.74) is 3.42. The number of amides is 1. The fourth-order valence-corrected chi connectivity index (χ4v) is 3.31. The monoisotopic (exact) mass is 454 g/mol. The van der Waals surface area contributed by atoms with E-state index in [0.29, 0.717) is 11.7 Å². The number of nitrogens with zero attached hydrogens (tertiary/aromatic N) is 1. The summed E-state index contributed by atoms with van der Waals surface area (Å²) in [5, 5.41) is 6.19. The largest absolute Gasteiger partial charge is 0.483 e. The van der Waals surface area contributed by atoms with Gasteiger partial charge < -0.3 is 4.74 Å². The summed E-state index contributed by atoms with van der Waals surface area (Å²) in [6.07, 6.45) is 0.854. The molecule has 0 unspecified atom stereocenters. The van der Waals surface area contributed by atoms with E-state index in [1.807, 2.05) is 37.3 Å². The molecule has 0 bridgehead atoms. The Kier molecular flexibility index (Phi) is 6.80. The smallest absolute Gasteiger partial charge is 0.277 e. The van der Waals surface area contributed by atoms with Crippen LogP contribution in [0.15, 0.2) is 44.4 Å². The number of hydrogen-bond acceptors (Lipinski definition) is 3. The maximum Gasteiger partial charge on any atom is 0.277 e. The Balaban J connectivity index is 1.99. The van der Waals surface area contributed by atoms with Gasteiger partial charge in [0, 0.05) is 10.2 Å². The van der Waals surface area contributed by atoms with E-state index >= 15 is 0 Å². The molecule has 0 heterocycles. The number of rotatable bonds is 6. The average Bonchev–Trinajstić information content (AvgIpc) is 2.51. The quantitative estimate of drug-likeness (QED) is 0.475. The first-order valence-corrected chi connectivity index (χ1v) is 9.28. The summed E-state index contributed by atoms with van der Waals surface area (Å²) >= 11 is 7.00. The summed E-state index contributed by atoms with van der Waals surface area (Å²) in [7, 11) is 0. The van der Waals surface area contributed by atoms with Gasteiger partial charge in [-0.2, -0.15) is 5.10 Å². The van der Waals surface area contributed by atoms with Gasteiger partial charge in [0.1, 0.15) is 5.75 Å². The normalized spacial score (nSPS) is 11.8. The van der Waals surface area contributed by atoms with Gasteiger partial charge in [-0.15, -0.1) is 0 Å². The van der Waals surface area contributed by atoms with Crippen molar-refractivity contribution in [2.24, 2.45) is 11.0 Å². The molecule has 0 aliphatic rings. The molecule has 0 aliphatic heterocycles. The Morgan fingerprint density at radius 2 is 2.00 bits per heavy atom. The minimum Gasteiger partial charge on any atom is -0.483 e. The van der Waals surface area contributed by atoms with Crippen LogP contribution in [0.1, 0.15) is 27.2 Å². The van der Waals surface area contributed by atoms with E-state index in [9.17, 15) is 4.79 Å². The number of ether oxygens (including phenoxy) is 1. The van der Waals surface area contributed by atoms with E-state index in [1.54, 1.807) is 0 Å². The lowest BCUT2D eigenvalue weighted by atomic mass is 10.1. The van der Waals surface area contributed by atoms with Crippen molar-refractivity contribution in [2.45, 2.75) is 27.2 Å². The van der Waals surface area contributed by atoms with Gasteiger partial charge in [0.15, 0.2) is 6.61 Å². The molecule has 1 amide bonds. The zero-order chi connectivity index (χ0) is 17.7. The minimum atomic E-state index is -0.277. The molecule has 2 aromatic carbocycles. The Hall–Kier alpha value is -1.40. The van der Waals surface area contributed by atoms with Crippen molar-refractivity contribution in [3.63, 3.8) is 0 Å². The molecule has 0 spiro atoms. The minimum absolute atomic E-state index is 0.0842. The van der Waals surface area contributed by atoms with E-state index < -0.39 is 0 Å². The standard InChI is InChI=1S/C18H20Br2N2O2/c1-11(2)8-12(3)21-22-17(23)10-24-16-7-4-13-9-14(19)5-6-15(13)18(16)20/h4-7,9,11H,8,10H2,1-3H3,(H,22,23). The highest BCUT2D eigenvalue weighted by Crippen LogP contribution is 2.34. The van der Waals surface area contributed by atoms with Crippen LogP contribution in [-0.2, 0) is 4.79 Å². The highest BCUT2D eigenvalue weighted by Gasteiger charge is 2.09. The van der Waals surface area contributed by atoms with Gasteiger partial charge in [-0.05, 0) is 64.2 Å². The Morgan fingerprint density at radius 3 is 2.71 bits per heavy atom. The highest BCUT2D eigenvalue weighted by molar-refractivity contribution is 9.11. The maximum absolute atomic E-state index is 11.9. The molecule has 0 saturated heterocycles. The third kappa shape index (κ3) is 5.31. The molecule has 0 radical (unpaired) electrons. The average molecular weight is 456 g/mol. The number of carbonyl (C=O) groups excluding carboxylic acids is 1. The summed E-state index contributed by atoms with van der Waals surface area (Å²) in [6.45, 7) is 6.04. The second-order valence-electron chi connectivity index (χ2n) is 6.01. The van der Waals surface area contributed by atoms with E-state index in [2.05, 4.69) is 56.2 Å². The summed E-state index contributed by atoms with van der Waals surface area (Å²) < 4.78 is 7.46. The van der Waals surface area contributed by atoms with Crippen LogP contribution in [-0.4, -0.2) is 18.2 Å². The van der Waals surface area contributed by atoms with Crippen molar-refractivity contribution < 1.29 is 9.53 Å². The summed E-state index contributed by atoms with van der Waals surface area (Å²) in [6, 6.07) is 9.80. The zero-order valence-corrected chi connectivity index (χ0v) is 17.1.